The summed E-state index contributed by atoms with van der Waals surface area (Å²) in [4.78, 5) is 0. The fourth-order valence-corrected chi connectivity index (χ4v) is 3.59. The molecule has 0 aromatic rings. The van der Waals surface area contributed by atoms with Crippen LogP contribution in [0.15, 0.2) is 0 Å². The quantitative estimate of drug-likeness (QED) is 0.702. The number of hydrogen-bond acceptors (Lipinski definition) is 3. The molecule has 5 unspecified atom stereocenters. The molecular weight excluding hydrogens is 224 g/mol. The molecule has 2 fully saturated rings. The molecule has 1 saturated carbocycles. The number of hydrogen-bond donors (Lipinski definition) is 3. The van der Waals surface area contributed by atoms with E-state index in [0.717, 1.165) is 12.0 Å². The second-order valence-electron chi connectivity index (χ2n) is 6.37. The van der Waals surface area contributed by atoms with Gasteiger partial charge in [0.2, 0.25) is 0 Å². The highest BCUT2D eigenvalue weighted by molar-refractivity contribution is 4.92. The van der Waals surface area contributed by atoms with Crippen molar-refractivity contribution in [2.24, 2.45) is 11.8 Å². The largest absolute Gasteiger partial charge is 0.396 e. The third kappa shape index (κ3) is 3.46. The van der Waals surface area contributed by atoms with Crippen LogP contribution < -0.4 is 10.6 Å². The molecule has 1 aliphatic carbocycles. The van der Waals surface area contributed by atoms with Crippen molar-refractivity contribution in [3.63, 3.8) is 0 Å². The second-order valence-corrected chi connectivity index (χ2v) is 6.37. The van der Waals surface area contributed by atoms with E-state index in [0.29, 0.717) is 18.0 Å². The van der Waals surface area contributed by atoms with Gasteiger partial charge >= 0.3 is 0 Å². The van der Waals surface area contributed by atoms with Gasteiger partial charge in [-0.25, -0.2) is 0 Å². The lowest BCUT2D eigenvalue weighted by Crippen LogP contribution is -2.51. The molecule has 106 valence electrons. The highest BCUT2D eigenvalue weighted by Gasteiger charge is 2.34. The van der Waals surface area contributed by atoms with Crippen LogP contribution >= 0.6 is 0 Å². The van der Waals surface area contributed by atoms with Gasteiger partial charge < -0.3 is 15.7 Å². The smallest absolute Gasteiger partial charge is 0.0471 e. The summed E-state index contributed by atoms with van der Waals surface area (Å²) in [5, 5.41) is 16.7. The molecule has 2 rings (SSSR count). The summed E-state index contributed by atoms with van der Waals surface area (Å²) in [6.07, 6.45) is 8.14. The monoisotopic (exact) mass is 254 g/mol. The van der Waals surface area contributed by atoms with E-state index >= 15 is 0 Å². The maximum absolute atomic E-state index is 9.26. The number of nitrogens with one attached hydrogen (secondary N) is 2. The molecular formula is C15H30N2O. The van der Waals surface area contributed by atoms with Crippen molar-refractivity contribution in [1.82, 2.24) is 10.6 Å². The normalized spacial score (nSPS) is 36.5. The Labute approximate surface area is 112 Å². The van der Waals surface area contributed by atoms with Gasteiger partial charge in [-0.15, -0.1) is 0 Å². The Morgan fingerprint density at radius 1 is 1.17 bits per heavy atom. The van der Waals surface area contributed by atoms with Crippen LogP contribution in [0.4, 0.5) is 0 Å². The zero-order chi connectivity index (χ0) is 13.0. The first-order chi connectivity index (χ1) is 8.72. The predicted octanol–water partition coefficient (Wildman–Crippen LogP) is 1.90. The van der Waals surface area contributed by atoms with E-state index in [4.69, 9.17) is 0 Å². The number of aliphatic hydroxyl groups is 1. The molecule has 0 spiro atoms. The van der Waals surface area contributed by atoms with E-state index in [1.54, 1.807) is 0 Å². The van der Waals surface area contributed by atoms with Gasteiger partial charge in [-0.1, -0.05) is 19.8 Å². The van der Waals surface area contributed by atoms with Crippen LogP contribution in [0, 0.1) is 11.8 Å². The molecule has 0 aromatic carbocycles. The average Bonchev–Trinajstić information content (AvgIpc) is 2.92. The summed E-state index contributed by atoms with van der Waals surface area (Å²) < 4.78 is 0. The van der Waals surface area contributed by atoms with Crippen molar-refractivity contribution < 1.29 is 5.11 Å². The zero-order valence-electron chi connectivity index (χ0n) is 12.0. The summed E-state index contributed by atoms with van der Waals surface area (Å²) in [5.41, 5.74) is 0. The van der Waals surface area contributed by atoms with Crippen LogP contribution in [-0.2, 0) is 0 Å². The van der Waals surface area contributed by atoms with E-state index in [9.17, 15) is 5.11 Å². The minimum absolute atomic E-state index is 0.285. The fraction of sp³-hybridized carbons (Fsp3) is 1.00. The van der Waals surface area contributed by atoms with Gasteiger partial charge in [-0.2, -0.15) is 0 Å². The molecule has 5 atom stereocenters. The van der Waals surface area contributed by atoms with Crippen molar-refractivity contribution in [2.45, 2.75) is 70.5 Å². The van der Waals surface area contributed by atoms with Crippen molar-refractivity contribution in [3.05, 3.63) is 0 Å². The Morgan fingerprint density at radius 2 is 1.94 bits per heavy atom. The predicted molar refractivity (Wildman–Crippen MR) is 75.6 cm³/mol. The average molecular weight is 254 g/mol. The molecule has 0 radical (unpaired) electrons. The molecule has 1 heterocycles. The highest BCUT2D eigenvalue weighted by atomic mass is 16.3. The molecule has 3 nitrogen and oxygen atoms in total. The topological polar surface area (TPSA) is 44.3 Å². The maximum Gasteiger partial charge on any atom is 0.0471 e. The molecule has 0 amide bonds. The first-order valence-electron chi connectivity index (χ1n) is 7.82. The second kappa shape index (κ2) is 6.88. The molecule has 3 N–H and O–H groups in total. The van der Waals surface area contributed by atoms with Crippen LogP contribution in [0.5, 0.6) is 0 Å². The third-order valence-corrected chi connectivity index (χ3v) is 5.05. The lowest BCUT2D eigenvalue weighted by Gasteiger charge is -2.39. The Balaban J connectivity index is 1.90. The zero-order valence-corrected chi connectivity index (χ0v) is 12.0. The molecule has 3 heteroatoms. The van der Waals surface area contributed by atoms with Crippen LogP contribution in [-0.4, -0.2) is 36.4 Å². The SMILES string of the molecule is CC(CO)C(C)NC1CCCCC1C1CCCN1. The van der Waals surface area contributed by atoms with Crippen LogP contribution in [0.25, 0.3) is 0 Å². The van der Waals surface area contributed by atoms with Gasteiger partial charge in [0.15, 0.2) is 0 Å². The van der Waals surface area contributed by atoms with Gasteiger partial charge in [-0.05, 0) is 51.0 Å². The van der Waals surface area contributed by atoms with Gasteiger partial charge in [0.05, 0.1) is 0 Å². The summed E-state index contributed by atoms with van der Waals surface area (Å²) in [6, 6.07) is 1.81. The first kappa shape index (κ1) is 14.3. The van der Waals surface area contributed by atoms with Gasteiger partial charge in [0.25, 0.3) is 0 Å². The molecule has 0 aromatic heterocycles. The summed E-state index contributed by atoms with van der Waals surface area (Å²) >= 11 is 0. The molecule has 0 bridgehead atoms. The van der Waals surface area contributed by atoms with Crippen molar-refractivity contribution in [2.75, 3.05) is 13.2 Å². The maximum atomic E-state index is 9.26. The van der Waals surface area contributed by atoms with E-state index in [1.165, 1.54) is 45.1 Å². The Kier molecular flexibility index (Phi) is 5.46. The minimum Gasteiger partial charge on any atom is -0.396 e. The Bertz CT molecular complexity index is 241. The summed E-state index contributed by atoms with van der Waals surface area (Å²) in [5.74, 6) is 1.15. The van der Waals surface area contributed by atoms with Gasteiger partial charge in [0, 0.05) is 24.7 Å². The van der Waals surface area contributed by atoms with Crippen molar-refractivity contribution >= 4 is 0 Å². The van der Waals surface area contributed by atoms with Gasteiger partial charge in [-0.3, -0.25) is 0 Å². The van der Waals surface area contributed by atoms with Crippen LogP contribution in [0.1, 0.15) is 52.4 Å². The Hall–Kier alpha value is -0.120. The van der Waals surface area contributed by atoms with E-state index < -0.39 is 0 Å². The van der Waals surface area contributed by atoms with Crippen LogP contribution in [0.2, 0.25) is 0 Å². The minimum atomic E-state index is 0.285. The fourth-order valence-electron chi connectivity index (χ4n) is 3.59. The standard InChI is InChI=1S/C15H30N2O/c1-11(10-18)12(2)17-15-7-4-3-6-13(15)14-8-5-9-16-14/h11-18H,3-10H2,1-2H3. The highest BCUT2D eigenvalue weighted by Crippen LogP contribution is 2.31. The lowest BCUT2D eigenvalue weighted by atomic mass is 9.78. The molecule has 2 aliphatic rings. The molecule has 18 heavy (non-hydrogen) atoms. The van der Waals surface area contributed by atoms with E-state index in [-0.39, 0.29) is 6.61 Å². The van der Waals surface area contributed by atoms with E-state index in [2.05, 4.69) is 24.5 Å². The number of aliphatic hydroxyl groups excluding tert-OH is 1. The first-order valence-corrected chi connectivity index (χ1v) is 7.82. The summed E-state index contributed by atoms with van der Waals surface area (Å²) in [7, 11) is 0. The van der Waals surface area contributed by atoms with Crippen LogP contribution in [0.3, 0.4) is 0 Å². The Morgan fingerprint density at radius 3 is 2.61 bits per heavy atom. The summed E-state index contributed by atoms with van der Waals surface area (Å²) in [6.45, 7) is 5.83. The third-order valence-electron chi connectivity index (χ3n) is 5.05. The number of rotatable bonds is 5. The molecule has 1 saturated heterocycles. The lowest BCUT2D eigenvalue weighted by molar-refractivity contribution is 0.161. The molecule has 1 aliphatic heterocycles. The van der Waals surface area contributed by atoms with E-state index in [1.807, 2.05) is 0 Å². The van der Waals surface area contributed by atoms with Gasteiger partial charge in [0.1, 0.15) is 0 Å². The van der Waals surface area contributed by atoms with Crippen molar-refractivity contribution in [3.8, 4) is 0 Å². The van der Waals surface area contributed by atoms with Crippen molar-refractivity contribution in [1.29, 1.82) is 0 Å².